The molecule has 0 fully saturated rings. The largest absolute Gasteiger partial charge is 0.490 e. The summed E-state index contributed by atoms with van der Waals surface area (Å²) in [5.74, 6) is 1.46. The molecule has 0 radical (unpaired) electrons. The maximum Gasteiger partial charge on any atom is 0.332 e. The fourth-order valence-electron chi connectivity index (χ4n) is 3.36. The van der Waals surface area contributed by atoms with Gasteiger partial charge in [0.25, 0.3) is 5.56 Å². The van der Waals surface area contributed by atoms with Crippen molar-refractivity contribution in [1.29, 1.82) is 0 Å². The molecule has 0 atom stereocenters. The third kappa shape index (κ3) is 2.64. The second kappa shape index (κ2) is 6.46. The number of ether oxygens (including phenoxy) is 1. The van der Waals surface area contributed by atoms with E-state index >= 15 is 0 Å². The zero-order chi connectivity index (χ0) is 19.1. The summed E-state index contributed by atoms with van der Waals surface area (Å²) in [5, 5.41) is 0. The molecule has 0 saturated carbocycles. The van der Waals surface area contributed by atoms with Crippen molar-refractivity contribution in [2.45, 2.75) is 13.5 Å². The van der Waals surface area contributed by atoms with E-state index in [0.717, 1.165) is 16.0 Å². The Bertz CT molecular complexity index is 1150. The van der Waals surface area contributed by atoms with Crippen molar-refractivity contribution in [2.75, 3.05) is 18.1 Å². The van der Waals surface area contributed by atoms with Gasteiger partial charge in [-0.2, -0.15) is 4.98 Å². The lowest BCUT2D eigenvalue weighted by Gasteiger charge is -2.16. The number of rotatable bonds is 4. The highest BCUT2D eigenvalue weighted by Gasteiger charge is 2.28. The predicted molar refractivity (Wildman–Crippen MR) is 104 cm³/mol. The van der Waals surface area contributed by atoms with Crippen LogP contribution in [0.3, 0.4) is 0 Å². The second-order valence-corrected chi connectivity index (χ2v) is 6.47. The van der Waals surface area contributed by atoms with E-state index in [2.05, 4.69) is 4.98 Å². The average molecular weight is 367 g/mol. The second-order valence-electron chi connectivity index (χ2n) is 6.47. The van der Waals surface area contributed by atoms with Crippen LogP contribution in [0.1, 0.15) is 6.92 Å². The summed E-state index contributed by atoms with van der Waals surface area (Å²) in [6.07, 6.45) is 3.89. The van der Waals surface area contributed by atoms with Crippen LogP contribution in [-0.4, -0.2) is 31.8 Å². The number of benzene rings is 1. The lowest BCUT2D eigenvalue weighted by Crippen LogP contribution is -2.37. The van der Waals surface area contributed by atoms with E-state index in [-0.39, 0.29) is 11.2 Å². The van der Waals surface area contributed by atoms with Gasteiger partial charge in [-0.1, -0.05) is 12.2 Å². The molecule has 3 aromatic rings. The molecule has 140 valence electrons. The Morgan fingerprint density at radius 3 is 2.56 bits per heavy atom. The molecule has 0 N–H and O–H groups in total. The number of imidazole rings is 1. The highest BCUT2D eigenvalue weighted by atomic mass is 16.5. The van der Waals surface area contributed by atoms with Gasteiger partial charge in [0.1, 0.15) is 12.4 Å². The molecule has 0 bridgehead atoms. The predicted octanol–water partition coefficient (Wildman–Crippen LogP) is 1.54. The Morgan fingerprint density at radius 1 is 1.11 bits per heavy atom. The van der Waals surface area contributed by atoms with Crippen LogP contribution in [0.25, 0.3) is 11.2 Å². The first-order valence-electron chi connectivity index (χ1n) is 8.80. The molecule has 0 saturated heterocycles. The number of anilines is 2. The molecule has 1 aliphatic heterocycles. The molecule has 1 aromatic carbocycles. The third-order valence-electron chi connectivity index (χ3n) is 4.85. The van der Waals surface area contributed by atoms with Crippen LogP contribution in [0.4, 0.5) is 11.6 Å². The molecular formula is C19H21N5O3. The monoisotopic (exact) mass is 367 g/mol. The molecule has 3 heterocycles. The van der Waals surface area contributed by atoms with Crippen molar-refractivity contribution < 1.29 is 4.74 Å². The van der Waals surface area contributed by atoms with Gasteiger partial charge < -0.3 is 14.2 Å². The topological polar surface area (TPSA) is 74.3 Å². The van der Waals surface area contributed by atoms with E-state index in [9.17, 15) is 9.59 Å². The minimum absolute atomic E-state index is 0.318. The van der Waals surface area contributed by atoms with Crippen LogP contribution in [0.15, 0.2) is 46.0 Å². The minimum Gasteiger partial charge on any atom is -0.490 e. The molecule has 8 nitrogen and oxygen atoms in total. The summed E-state index contributed by atoms with van der Waals surface area (Å²) >= 11 is 0. The van der Waals surface area contributed by atoms with E-state index < -0.39 is 0 Å². The van der Waals surface area contributed by atoms with Gasteiger partial charge >= 0.3 is 5.69 Å². The Hall–Kier alpha value is -3.29. The van der Waals surface area contributed by atoms with Crippen LogP contribution in [0.2, 0.25) is 0 Å². The van der Waals surface area contributed by atoms with E-state index in [1.807, 2.05) is 52.8 Å². The zero-order valence-electron chi connectivity index (χ0n) is 15.5. The maximum absolute atomic E-state index is 12.6. The van der Waals surface area contributed by atoms with Crippen molar-refractivity contribution >= 4 is 22.8 Å². The Morgan fingerprint density at radius 2 is 1.85 bits per heavy atom. The van der Waals surface area contributed by atoms with Gasteiger partial charge in [-0.05, 0) is 31.2 Å². The zero-order valence-corrected chi connectivity index (χ0v) is 15.5. The summed E-state index contributed by atoms with van der Waals surface area (Å²) in [4.78, 5) is 31.4. The van der Waals surface area contributed by atoms with E-state index in [0.29, 0.717) is 36.8 Å². The standard InChI is InChI=1S/C19H21N5O3/c1-4-5-12-27-14-8-6-13(7-9-14)23-10-11-24-15-16(20-18(23)24)21(2)19(26)22(3)17(15)25/h4-9H,10-12H2,1-3H3. The van der Waals surface area contributed by atoms with Crippen LogP contribution >= 0.6 is 0 Å². The summed E-state index contributed by atoms with van der Waals surface area (Å²) < 4.78 is 10.1. The van der Waals surface area contributed by atoms with Crippen molar-refractivity contribution in [3.63, 3.8) is 0 Å². The van der Waals surface area contributed by atoms with Crippen molar-refractivity contribution in [3.05, 3.63) is 57.3 Å². The van der Waals surface area contributed by atoms with Crippen LogP contribution in [0.5, 0.6) is 5.75 Å². The van der Waals surface area contributed by atoms with Crippen molar-refractivity contribution in [1.82, 2.24) is 18.7 Å². The molecule has 8 heteroatoms. The fourth-order valence-corrected chi connectivity index (χ4v) is 3.36. The smallest absolute Gasteiger partial charge is 0.332 e. The highest BCUT2D eigenvalue weighted by molar-refractivity contribution is 5.77. The molecule has 0 amide bonds. The van der Waals surface area contributed by atoms with E-state index in [4.69, 9.17) is 4.74 Å². The van der Waals surface area contributed by atoms with Crippen molar-refractivity contribution in [2.24, 2.45) is 14.1 Å². The lowest BCUT2D eigenvalue weighted by atomic mass is 10.3. The summed E-state index contributed by atoms with van der Waals surface area (Å²) in [5.41, 5.74) is 1.14. The quantitative estimate of drug-likeness (QED) is 0.654. The number of aromatic nitrogens is 4. The number of hydrogen-bond acceptors (Lipinski definition) is 5. The highest BCUT2D eigenvalue weighted by Crippen LogP contribution is 2.32. The first kappa shape index (κ1) is 17.1. The summed E-state index contributed by atoms with van der Waals surface area (Å²) in [6.45, 7) is 3.84. The summed E-state index contributed by atoms with van der Waals surface area (Å²) in [6, 6.07) is 7.77. The van der Waals surface area contributed by atoms with Gasteiger partial charge in [-0.25, -0.2) is 4.79 Å². The molecule has 0 aliphatic carbocycles. The lowest BCUT2D eigenvalue weighted by molar-refractivity contribution is 0.363. The van der Waals surface area contributed by atoms with Crippen LogP contribution < -0.4 is 20.9 Å². The Balaban J connectivity index is 1.74. The number of fused-ring (bicyclic) bond motifs is 3. The fraction of sp³-hybridized carbons (Fsp3) is 0.316. The molecule has 2 aromatic heterocycles. The average Bonchev–Trinajstić information content (AvgIpc) is 3.25. The van der Waals surface area contributed by atoms with Gasteiger partial charge in [-0.3, -0.25) is 13.9 Å². The molecule has 1 aliphatic rings. The third-order valence-corrected chi connectivity index (χ3v) is 4.85. The van der Waals surface area contributed by atoms with Crippen LogP contribution in [0, 0.1) is 0 Å². The molecular weight excluding hydrogens is 346 g/mol. The molecule has 4 rings (SSSR count). The van der Waals surface area contributed by atoms with Crippen molar-refractivity contribution in [3.8, 4) is 5.75 Å². The van der Waals surface area contributed by atoms with Gasteiger partial charge in [0.05, 0.1) is 0 Å². The molecule has 27 heavy (non-hydrogen) atoms. The van der Waals surface area contributed by atoms with Gasteiger partial charge in [-0.15, -0.1) is 0 Å². The van der Waals surface area contributed by atoms with Gasteiger partial charge in [0.15, 0.2) is 11.2 Å². The Kier molecular flexibility index (Phi) is 4.10. The minimum atomic E-state index is -0.376. The first-order valence-corrected chi connectivity index (χ1v) is 8.80. The van der Waals surface area contributed by atoms with E-state index in [1.54, 1.807) is 7.05 Å². The van der Waals surface area contributed by atoms with Gasteiger partial charge in [0, 0.05) is 32.9 Å². The molecule has 0 unspecified atom stereocenters. The number of allylic oxidation sites excluding steroid dienone is 1. The SMILES string of the molecule is CC=CCOc1ccc(N2CCn3c2nc2c3c(=O)n(C)c(=O)n2C)cc1. The van der Waals surface area contributed by atoms with Gasteiger partial charge in [0.2, 0.25) is 5.95 Å². The number of nitrogens with zero attached hydrogens (tertiary/aromatic N) is 5. The normalized spacial score (nSPS) is 13.7. The summed E-state index contributed by atoms with van der Waals surface area (Å²) in [7, 11) is 3.12. The van der Waals surface area contributed by atoms with E-state index in [1.165, 1.54) is 11.6 Å². The first-order chi connectivity index (χ1) is 13.0. The maximum atomic E-state index is 12.6. The number of aryl methyl sites for hydroxylation is 1. The Labute approximate surface area is 155 Å². The van der Waals surface area contributed by atoms with Crippen LogP contribution in [-0.2, 0) is 20.6 Å². The number of hydrogen-bond donors (Lipinski definition) is 0. The molecule has 0 spiro atoms.